The van der Waals surface area contributed by atoms with Crippen LogP contribution in [0, 0.1) is 0 Å². The van der Waals surface area contributed by atoms with Crippen LogP contribution in [0.25, 0.3) is 28.4 Å². The summed E-state index contributed by atoms with van der Waals surface area (Å²) in [7, 11) is 1.72. The largest absolute Gasteiger partial charge is 0.494 e. The van der Waals surface area contributed by atoms with Gasteiger partial charge in [-0.05, 0) is 49.1 Å². The lowest BCUT2D eigenvalue weighted by atomic mass is 10.1. The lowest BCUT2D eigenvalue weighted by molar-refractivity contribution is 0.414. The number of methoxy groups -OCH3 is 1. The van der Waals surface area contributed by atoms with Gasteiger partial charge in [0.15, 0.2) is 0 Å². The van der Waals surface area contributed by atoms with Gasteiger partial charge in [0.1, 0.15) is 5.75 Å². The summed E-state index contributed by atoms with van der Waals surface area (Å²) in [6.07, 6.45) is 20.6. The molecule has 0 amide bonds. The summed E-state index contributed by atoms with van der Waals surface area (Å²) in [6.45, 7) is 4.47. The third-order valence-corrected chi connectivity index (χ3v) is 6.99. The van der Waals surface area contributed by atoms with Crippen molar-refractivity contribution in [2.75, 3.05) is 7.11 Å². The molecule has 0 saturated heterocycles. The normalized spacial score (nSPS) is 14.4. The van der Waals surface area contributed by atoms with Crippen molar-refractivity contribution < 1.29 is 4.74 Å². The molecule has 1 aromatic carbocycles. The molecule has 4 rings (SSSR count). The minimum absolute atomic E-state index is 0.831. The summed E-state index contributed by atoms with van der Waals surface area (Å²) in [5, 5.41) is 1.23. The van der Waals surface area contributed by atoms with Gasteiger partial charge in [0.05, 0.1) is 29.9 Å². The number of unbranched alkanes of at least 4 members (excludes halogenated alkanes) is 8. The van der Waals surface area contributed by atoms with Crippen molar-refractivity contribution in [2.24, 2.45) is 4.99 Å². The predicted octanol–water partition coefficient (Wildman–Crippen LogP) is 9.01. The number of ether oxygens (including phenoxy) is 1. The number of hydrogen-bond donors (Lipinski definition) is 2. The van der Waals surface area contributed by atoms with Gasteiger partial charge in [-0.15, -0.1) is 0 Å². The highest BCUT2D eigenvalue weighted by Crippen LogP contribution is 2.32. The Labute approximate surface area is 210 Å². The molecule has 3 heterocycles. The van der Waals surface area contributed by atoms with Crippen LogP contribution in [-0.2, 0) is 6.42 Å². The van der Waals surface area contributed by atoms with Crippen LogP contribution in [0.4, 0.5) is 0 Å². The van der Waals surface area contributed by atoms with E-state index in [0.717, 1.165) is 41.4 Å². The van der Waals surface area contributed by atoms with Gasteiger partial charge >= 0.3 is 0 Å². The van der Waals surface area contributed by atoms with Gasteiger partial charge in [-0.3, -0.25) is 4.99 Å². The first kappa shape index (κ1) is 25.1. The van der Waals surface area contributed by atoms with Crippen molar-refractivity contribution in [3.63, 3.8) is 0 Å². The first-order valence-corrected chi connectivity index (χ1v) is 13.6. The van der Waals surface area contributed by atoms with Crippen molar-refractivity contribution >= 4 is 22.7 Å². The van der Waals surface area contributed by atoms with E-state index in [1.807, 2.05) is 0 Å². The Hall–Kier alpha value is -3.01. The number of aliphatic imine (C=N–C) groups is 1. The highest BCUT2D eigenvalue weighted by Gasteiger charge is 2.13. The lowest BCUT2D eigenvalue weighted by Gasteiger charge is -2.02. The number of para-hydroxylation sites is 1. The van der Waals surface area contributed by atoms with E-state index in [9.17, 15) is 0 Å². The molecule has 0 fully saturated rings. The number of allylic oxidation sites excluding steroid dienone is 2. The van der Waals surface area contributed by atoms with Crippen LogP contribution in [0.3, 0.4) is 0 Å². The molecule has 2 N–H and O–H groups in total. The summed E-state index contributed by atoms with van der Waals surface area (Å²) < 4.78 is 5.67. The lowest BCUT2D eigenvalue weighted by Crippen LogP contribution is -1.90. The topological polar surface area (TPSA) is 53.2 Å². The number of H-pyrrole nitrogens is 2. The van der Waals surface area contributed by atoms with Crippen LogP contribution in [0.2, 0.25) is 0 Å². The number of fused-ring (bicyclic) bond motifs is 1. The molecule has 0 atom stereocenters. The third-order valence-electron chi connectivity index (χ3n) is 6.99. The molecule has 186 valence electrons. The standard InChI is InChI=1S/C31H41N3O/c1-4-6-7-8-9-10-11-12-13-17-25-18-19-26(32-25)21-29-30(35-3)22-28(33-29)27-20-24-16-14-15-23(5-2)31(24)34-27/h14-16,18-22,33-34H,4-13,17H2,1-3H3. The molecule has 0 radical (unpaired) electrons. The van der Waals surface area contributed by atoms with Crippen LogP contribution < -0.4 is 4.74 Å². The molecular formula is C31H41N3O. The number of aromatic amines is 2. The highest BCUT2D eigenvalue weighted by atomic mass is 16.5. The Morgan fingerprint density at radius 3 is 2.34 bits per heavy atom. The van der Waals surface area contributed by atoms with Crippen LogP contribution >= 0.6 is 0 Å². The maximum Gasteiger partial charge on any atom is 0.144 e. The average Bonchev–Trinajstić information content (AvgIpc) is 3.61. The second-order valence-electron chi connectivity index (χ2n) is 9.67. The zero-order valence-corrected chi connectivity index (χ0v) is 21.8. The van der Waals surface area contributed by atoms with E-state index in [4.69, 9.17) is 9.73 Å². The maximum atomic E-state index is 5.67. The fourth-order valence-electron chi connectivity index (χ4n) is 4.94. The molecule has 3 aromatic rings. The zero-order chi connectivity index (χ0) is 24.5. The number of nitrogens with zero attached hydrogens (tertiary/aromatic N) is 1. The van der Waals surface area contributed by atoms with Gasteiger partial charge in [0.2, 0.25) is 0 Å². The van der Waals surface area contributed by atoms with Gasteiger partial charge in [-0.25, -0.2) is 0 Å². The summed E-state index contributed by atoms with van der Waals surface area (Å²) in [5.74, 6) is 0.831. The van der Waals surface area contributed by atoms with Gasteiger partial charge in [0.25, 0.3) is 0 Å². The number of nitrogens with one attached hydrogen (secondary N) is 2. The van der Waals surface area contributed by atoms with Crippen LogP contribution in [0.15, 0.2) is 53.2 Å². The number of aryl methyl sites for hydroxylation is 1. The highest BCUT2D eigenvalue weighted by molar-refractivity contribution is 5.99. The van der Waals surface area contributed by atoms with Gasteiger partial charge in [-0.2, -0.15) is 0 Å². The molecule has 35 heavy (non-hydrogen) atoms. The predicted molar refractivity (Wildman–Crippen MR) is 150 cm³/mol. The Balaban J connectivity index is 1.35. The van der Waals surface area contributed by atoms with Crippen molar-refractivity contribution in [3.8, 4) is 17.1 Å². The number of rotatable bonds is 14. The van der Waals surface area contributed by atoms with E-state index in [1.165, 1.54) is 80.0 Å². The molecule has 0 saturated carbocycles. The summed E-state index contributed by atoms with van der Waals surface area (Å²) in [5.41, 5.74) is 7.75. The van der Waals surface area contributed by atoms with E-state index in [-0.39, 0.29) is 0 Å². The van der Waals surface area contributed by atoms with Gasteiger partial charge < -0.3 is 14.7 Å². The van der Waals surface area contributed by atoms with Crippen LogP contribution in [0.5, 0.6) is 5.75 Å². The Morgan fingerprint density at radius 2 is 1.60 bits per heavy atom. The van der Waals surface area contributed by atoms with Crippen molar-refractivity contribution in [1.82, 2.24) is 9.97 Å². The number of benzene rings is 1. The summed E-state index contributed by atoms with van der Waals surface area (Å²) in [4.78, 5) is 12.0. The first-order chi connectivity index (χ1) is 17.2. The quantitative estimate of drug-likeness (QED) is 0.226. The molecule has 0 spiro atoms. The fraction of sp³-hybridized carbons (Fsp3) is 0.452. The fourth-order valence-corrected chi connectivity index (χ4v) is 4.94. The van der Waals surface area contributed by atoms with E-state index in [0.29, 0.717) is 0 Å². The Kier molecular flexibility index (Phi) is 9.05. The number of aromatic nitrogens is 2. The minimum atomic E-state index is 0.831. The van der Waals surface area contributed by atoms with E-state index < -0.39 is 0 Å². The number of hydrogen-bond acceptors (Lipinski definition) is 2. The van der Waals surface area contributed by atoms with Crippen molar-refractivity contribution in [2.45, 2.75) is 84.5 Å². The average molecular weight is 472 g/mol. The molecule has 0 bridgehead atoms. The summed E-state index contributed by atoms with van der Waals surface area (Å²) in [6, 6.07) is 10.7. The molecule has 4 heteroatoms. The van der Waals surface area contributed by atoms with Crippen LogP contribution in [-0.4, -0.2) is 22.8 Å². The molecule has 0 unspecified atom stereocenters. The zero-order valence-electron chi connectivity index (χ0n) is 21.8. The van der Waals surface area contributed by atoms with Crippen molar-refractivity contribution in [1.29, 1.82) is 0 Å². The third kappa shape index (κ3) is 6.56. The van der Waals surface area contributed by atoms with Gasteiger partial charge in [0, 0.05) is 22.7 Å². The molecule has 0 aliphatic carbocycles. The minimum Gasteiger partial charge on any atom is -0.494 e. The molecule has 2 aromatic heterocycles. The van der Waals surface area contributed by atoms with Crippen molar-refractivity contribution in [3.05, 3.63) is 59.4 Å². The summed E-state index contributed by atoms with van der Waals surface area (Å²) >= 11 is 0. The Bertz CT molecular complexity index is 1190. The molecule has 1 aliphatic heterocycles. The Morgan fingerprint density at radius 1 is 0.857 bits per heavy atom. The van der Waals surface area contributed by atoms with Crippen LogP contribution in [0.1, 0.15) is 89.3 Å². The van der Waals surface area contributed by atoms with E-state index in [1.54, 1.807) is 7.11 Å². The smallest absolute Gasteiger partial charge is 0.144 e. The second kappa shape index (κ2) is 12.6. The monoisotopic (exact) mass is 471 g/mol. The SMILES string of the molecule is CCCCCCCCCCCC1=NC(=Cc2[nH]c(-c3cc4cccc(CC)c4[nH]3)cc2OC)C=C1. The maximum absolute atomic E-state index is 5.67. The van der Waals surface area contributed by atoms with Gasteiger partial charge in [-0.1, -0.05) is 83.4 Å². The van der Waals surface area contributed by atoms with E-state index >= 15 is 0 Å². The second-order valence-corrected chi connectivity index (χ2v) is 9.67. The van der Waals surface area contributed by atoms with E-state index in [2.05, 4.69) is 72.4 Å². The molecular weight excluding hydrogens is 430 g/mol. The first-order valence-electron chi connectivity index (χ1n) is 13.6. The molecule has 1 aliphatic rings. The molecule has 4 nitrogen and oxygen atoms in total.